The van der Waals surface area contributed by atoms with Gasteiger partial charge in [-0.2, -0.15) is 0 Å². The molecule has 0 spiro atoms. The van der Waals surface area contributed by atoms with Crippen molar-refractivity contribution in [3.63, 3.8) is 0 Å². The highest BCUT2D eigenvalue weighted by molar-refractivity contribution is 5.71. The van der Waals surface area contributed by atoms with E-state index in [-0.39, 0.29) is 31.1 Å². The number of carbonyl (C=O) groups excluding carboxylic acids is 3. The van der Waals surface area contributed by atoms with Gasteiger partial charge in [0, 0.05) is 19.3 Å². The average molecular weight is 927 g/mol. The number of unbranched alkanes of at least 4 members (excludes halogenated alkanes) is 16. The van der Waals surface area contributed by atoms with Crippen LogP contribution in [0, 0.1) is 0 Å². The number of esters is 3. The van der Waals surface area contributed by atoms with Gasteiger partial charge in [0.05, 0.1) is 0 Å². The minimum atomic E-state index is -0.811. The topological polar surface area (TPSA) is 78.9 Å². The summed E-state index contributed by atoms with van der Waals surface area (Å²) in [6, 6.07) is 0. The van der Waals surface area contributed by atoms with E-state index in [1.165, 1.54) is 25.7 Å². The molecule has 1 atom stereocenters. The monoisotopic (exact) mass is 927 g/mol. The Balaban J connectivity index is 4.52. The van der Waals surface area contributed by atoms with Crippen LogP contribution < -0.4 is 0 Å². The zero-order chi connectivity index (χ0) is 48.6. The molecule has 0 radical (unpaired) electrons. The highest BCUT2D eigenvalue weighted by Crippen LogP contribution is 2.13. The van der Waals surface area contributed by atoms with Crippen LogP contribution in [0.5, 0.6) is 0 Å². The molecular formula is C61H98O6. The first-order chi connectivity index (χ1) is 33.0. The van der Waals surface area contributed by atoms with Gasteiger partial charge in [-0.05, 0) is 128 Å². The Bertz CT molecular complexity index is 1440. The predicted molar refractivity (Wildman–Crippen MR) is 288 cm³/mol. The maximum absolute atomic E-state index is 12.8. The molecule has 0 aliphatic rings. The lowest BCUT2D eigenvalue weighted by Crippen LogP contribution is -2.30. The van der Waals surface area contributed by atoms with Gasteiger partial charge >= 0.3 is 17.9 Å². The van der Waals surface area contributed by atoms with Crippen LogP contribution >= 0.6 is 0 Å². The fourth-order valence-corrected chi connectivity index (χ4v) is 6.92. The van der Waals surface area contributed by atoms with Gasteiger partial charge < -0.3 is 14.2 Å². The Morgan fingerprint density at radius 2 is 0.582 bits per heavy atom. The molecule has 378 valence electrons. The molecule has 0 rings (SSSR count). The van der Waals surface area contributed by atoms with E-state index in [0.717, 1.165) is 161 Å². The molecule has 0 unspecified atom stereocenters. The van der Waals surface area contributed by atoms with Crippen molar-refractivity contribution in [2.75, 3.05) is 13.2 Å². The molecule has 67 heavy (non-hydrogen) atoms. The van der Waals surface area contributed by atoms with Gasteiger partial charge in [0.2, 0.25) is 0 Å². The van der Waals surface area contributed by atoms with Gasteiger partial charge in [-0.3, -0.25) is 14.4 Å². The second-order valence-electron chi connectivity index (χ2n) is 17.4. The van der Waals surface area contributed by atoms with Crippen LogP contribution in [0.15, 0.2) is 122 Å². The van der Waals surface area contributed by atoms with Crippen molar-refractivity contribution >= 4 is 17.9 Å². The number of rotatable bonds is 47. The van der Waals surface area contributed by atoms with Crippen LogP contribution in [0.25, 0.3) is 0 Å². The average Bonchev–Trinajstić information content (AvgIpc) is 3.33. The van der Waals surface area contributed by atoms with Crippen LogP contribution in [0.2, 0.25) is 0 Å². The Kier molecular flexibility index (Phi) is 51.0. The van der Waals surface area contributed by atoms with Crippen LogP contribution in [-0.4, -0.2) is 37.2 Å². The number of allylic oxidation sites excluding steroid dienone is 20. The molecule has 6 nitrogen and oxygen atoms in total. The van der Waals surface area contributed by atoms with Gasteiger partial charge in [0.1, 0.15) is 13.2 Å². The molecule has 0 heterocycles. The van der Waals surface area contributed by atoms with Crippen LogP contribution in [0.1, 0.15) is 226 Å². The molecule has 0 aliphatic carbocycles. The second-order valence-corrected chi connectivity index (χ2v) is 17.4. The van der Waals surface area contributed by atoms with Crippen LogP contribution in [0.3, 0.4) is 0 Å². The number of ether oxygens (including phenoxy) is 3. The zero-order valence-electron chi connectivity index (χ0n) is 43.1. The number of hydrogen-bond acceptors (Lipinski definition) is 6. The Morgan fingerprint density at radius 1 is 0.313 bits per heavy atom. The summed E-state index contributed by atoms with van der Waals surface area (Å²) in [5.74, 6) is -0.978. The Labute approximate surface area is 412 Å². The third-order valence-corrected chi connectivity index (χ3v) is 10.9. The highest BCUT2D eigenvalue weighted by atomic mass is 16.6. The first-order valence-electron chi connectivity index (χ1n) is 27.0. The normalized spacial score (nSPS) is 13.1. The Hall–Kier alpha value is -4.19. The van der Waals surface area contributed by atoms with Crippen LogP contribution in [-0.2, 0) is 28.6 Å². The molecule has 0 aliphatic heterocycles. The van der Waals surface area contributed by atoms with Crippen molar-refractivity contribution in [3.05, 3.63) is 122 Å². The maximum Gasteiger partial charge on any atom is 0.306 e. The third kappa shape index (κ3) is 52.6. The molecule has 0 amide bonds. The largest absolute Gasteiger partial charge is 0.462 e. The first kappa shape index (κ1) is 62.8. The van der Waals surface area contributed by atoms with Crippen molar-refractivity contribution in [3.8, 4) is 0 Å². The predicted octanol–water partition coefficient (Wildman–Crippen LogP) is 18.1. The van der Waals surface area contributed by atoms with Crippen molar-refractivity contribution < 1.29 is 28.6 Å². The van der Waals surface area contributed by atoms with Crippen molar-refractivity contribution in [1.29, 1.82) is 0 Å². The fraction of sp³-hybridized carbons (Fsp3) is 0.623. The van der Waals surface area contributed by atoms with Gasteiger partial charge in [-0.25, -0.2) is 0 Å². The molecule has 0 saturated heterocycles. The van der Waals surface area contributed by atoms with Crippen LogP contribution in [0.4, 0.5) is 0 Å². The summed E-state index contributed by atoms with van der Waals surface area (Å²) in [5.41, 5.74) is 0. The van der Waals surface area contributed by atoms with Crippen molar-refractivity contribution in [1.82, 2.24) is 0 Å². The smallest absolute Gasteiger partial charge is 0.306 e. The molecule has 0 N–H and O–H groups in total. The molecule has 0 saturated carbocycles. The molecule has 0 fully saturated rings. The minimum Gasteiger partial charge on any atom is -0.462 e. The fourth-order valence-electron chi connectivity index (χ4n) is 6.92. The summed E-state index contributed by atoms with van der Waals surface area (Å²) in [6.45, 7) is 6.32. The third-order valence-electron chi connectivity index (χ3n) is 10.9. The van der Waals surface area contributed by atoms with E-state index in [9.17, 15) is 14.4 Å². The van der Waals surface area contributed by atoms with E-state index in [0.29, 0.717) is 19.3 Å². The standard InChI is InChI=1S/C61H98O6/c1-4-7-10-13-16-19-22-25-28-29-30-31-34-36-39-42-45-48-51-54-60(63)66-57-58(67-61(64)55-52-49-46-43-40-37-33-27-24-21-18-15-12-9-6-3)56-65-59(62)53-50-47-44-41-38-35-32-26-23-20-17-14-11-8-5-2/h8-9,11-12,16-21,25-28,30-33,36,39,58H,4-7,10,13-15,22-24,29,34-35,37-38,40-57H2,1-3H3/b11-8-,12-9-,19-16-,20-17-,21-18-,28-25-,31-30-,32-26-,33-27-,39-36-/t58-/m1/s1. The highest BCUT2D eigenvalue weighted by Gasteiger charge is 2.19. The minimum absolute atomic E-state index is 0.108. The second kappa shape index (κ2) is 54.4. The molecule has 0 aromatic carbocycles. The quantitative estimate of drug-likeness (QED) is 0.0262. The number of hydrogen-bond donors (Lipinski definition) is 0. The summed E-state index contributed by atoms with van der Waals surface area (Å²) in [5, 5.41) is 0. The summed E-state index contributed by atoms with van der Waals surface area (Å²) in [4.78, 5) is 38.1. The van der Waals surface area contributed by atoms with E-state index >= 15 is 0 Å². The van der Waals surface area contributed by atoms with E-state index in [2.05, 4.69) is 142 Å². The molecule has 0 bridgehead atoms. The van der Waals surface area contributed by atoms with E-state index in [1.54, 1.807) is 0 Å². The summed E-state index contributed by atoms with van der Waals surface area (Å²) < 4.78 is 16.8. The molecular weight excluding hydrogens is 829 g/mol. The van der Waals surface area contributed by atoms with Gasteiger partial charge in [0.15, 0.2) is 6.10 Å². The van der Waals surface area contributed by atoms with Gasteiger partial charge in [-0.1, -0.05) is 200 Å². The van der Waals surface area contributed by atoms with Crippen molar-refractivity contribution in [2.45, 2.75) is 232 Å². The summed E-state index contributed by atoms with van der Waals surface area (Å²) in [7, 11) is 0. The van der Waals surface area contributed by atoms with Gasteiger partial charge in [-0.15, -0.1) is 0 Å². The van der Waals surface area contributed by atoms with E-state index in [1.807, 2.05) is 0 Å². The molecule has 0 aromatic heterocycles. The maximum atomic E-state index is 12.8. The van der Waals surface area contributed by atoms with Gasteiger partial charge in [0.25, 0.3) is 0 Å². The lowest BCUT2D eigenvalue weighted by Gasteiger charge is -2.18. The lowest BCUT2D eigenvalue weighted by atomic mass is 10.1. The lowest BCUT2D eigenvalue weighted by molar-refractivity contribution is -0.167. The van der Waals surface area contributed by atoms with E-state index < -0.39 is 6.10 Å². The van der Waals surface area contributed by atoms with Crippen molar-refractivity contribution in [2.24, 2.45) is 0 Å². The summed E-state index contributed by atoms with van der Waals surface area (Å²) >= 11 is 0. The first-order valence-corrected chi connectivity index (χ1v) is 27.0. The number of carbonyl (C=O) groups is 3. The SMILES string of the molecule is CC/C=C\C/C=C\C/C=C\CCCCCCCC(=O)OC[C@H](COC(=O)CCCCC/C=C\C/C=C\C/C=C\C/C=C\CCCCC)OC(=O)CCCCCCC/C=C\C/C=C\C/C=C\CC. The molecule has 6 heteroatoms. The Morgan fingerprint density at radius 3 is 0.925 bits per heavy atom. The molecule has 0 aromatic rings. The zero-order valence-corrected chi connectivity index (χ0v) is 43.1. The summed E-state index contributed by atoms with van der Waals surface area (Å²) in [6.07, 6.45) is 74.6. The van der Waals surface area contributed by atoms with E-state index in [4.69, 9.17) is 14.2 Å².